The highest BCUT2D eigenvalue weighted by Gasteiger charge is 2.30. The Balaban J connectivity index is 1.30. The van der Waals surface area contributed by atoms with E-state index in [4.69, 9.17) is 0 Å². The number of carbonyl (C=O) groups excluding carboxylic acids is 2. The number of benzene rings is 1. The van der Waals surface area contributed by atoms with Crippen molar-refractivity contribution in [1.29, 1.82) is 0 Å². The van der Waals surface area contributed by atoms with Gasteiger partial charge in [0.25, 0.3) is 0 Å². The molecule has 7 nitrogen and oxygen atoms in total. The van der Waals surface area contributed by atoms with E-state index in [2.05, 4.69) is 25.4 Å². The van der Waals surface area contributed by atoms with Crippen LogP contribution < -0.4 is 10.6 Å². The van der Waals surface area contributed by atoms with Crippen molar-refractivity contribution in [1.82, 2.24) is 20.1 Å². The predicted molar refractivity (Wildman–Crippen MR) is 120 cm³/mol. The van der Waals surface area contributed by atoms with Crippen LogP contribution in [0.1, 0.15) is 30.0 Å². The number of nitrogens with zero attached hydrogens (tertiary/aromatic N) is 3. The number of thioether (sulfide) groups is 1. The summed E-state index contributed by atoms with van der Waals surface area (Å²) in [6.45, 7) is 3.89. The summed E-state index contributed by atoms with van der Waals surface area (Å²) in [5.41, 5.74) is 2.89. The van der Waals surface area contributed by atoms with Gasteiger partial charge in [-0.1, -0.05) is 30.0 Å². The second-order valence-electron chi connectivity index (χ2n) is 7.25. The number of carbonyl (C=O) groups is 2. The summed E-state index contributed by atoms with van der Waals surface area (Å²) in [5.74, 6) is 0.595. The van der Waals surface area contributed by atoms with E-state index in [1.54, 1.807) is 11.3 Å². The quantitative estimate of drug-likeness (QED) is 0.519. The first kappa shape index (κ1) is 20.6. The number of amides is 2. The number of hydrogen-bond acceptors (Lipinski definition) is 6. The number of aryl methyl sites for hydroxylation is 1. The normalized spacial score (nSPS) is 13.3. The van der Waals surface area contributed by atoms with Gasteiger partial charge in [-0.05, 0) is 55.3 Å². The second-order valence-corrected chi connectivity index (χ2v) is 9.14. The third-order valence-electron chi connectivity index (χ3n) is 4.98. The standard InChI is InChI=1S/C21H23N5O2S2/c1-13-5-3-6-16(14(13)2)23-18(27)11-22-19(28)12-30-21-25-24-20(17-7-4-10-29-17)26(21)15-8-9-15/h3-7,10,15H,8-9,11-12H2,1-2H3,(H,22,28)(H,23,27). The lowest BCUT2D eigenvalue weighted by Crippen LogP contribution is -2.34. The zero-order chi connectivity index (χ0) is 21.1. The first-order chi connectivity index (χ1) is 14.5. The molecule has 0 unspecified atom stereocenters. The number of anilines is 1. The van der Waals surface area contributed by atoms with Crippen LogP contribution in [-0.4, -0.2) is 38.9 Å². The fourth-order valence-corrected chi connectivity index (χ4v) is 4.59. The highest BCUT2D eigenvalue weighted by molar-refractivity contribution is 7.99. The topological polar surface area (TPSA) is 88.9 Å². The van der Waals surface area contributed by atoms with Gasteiger partial charge in [0.1, 0.15) is 0 Å². The molecule has 2 N–H and O–H groups in total. The Kier molecular flexibility index (Phi) is 6.19. The van der Waals surface area contributed by atoms with E-state index < -0.39 is 0 Å². The highest BCUT2D eigenvalue weighted by atomic mass is 32.2. The smallest absolute Gasteiger partial charge is 0.243 e. The Labute approximate surface area is 183 Å². The van der Waals surface area contributed by atoms with Crippen molar-refractivity contribution in [2.24, 2.45) is 0 Å². The maximum absolute atomic E-state index is 12.3. The molecule has 1 aromatic carbocycles. The molecule has 0 spiro atoms. The molecule has 1 saturated carbocycles. The van der Waals surface area contributed by atoms with Crippen molar-refractivity contribution in [3.8, 4) is 10.7 Å². The Hall–Kier alpha value is -2.65. The fourth-order valence-electron chi connectivity index (χ4n) is 3.05. The zero-order valence-electron chi connectivity index (χ0n) is 16.8. The number of nitrogens with one attached hydrogen (secondary N) is 2. The van der Waals surface area contributed by atoms with Crippen LogP contribution in [0, 0.1) is 13.8 Å². The molecule has 1 fully saturated rings. The molecule has 156 valence electrons. The number of aromatic nitrogens is 3. The van der Waals surface area contributed by atoms with Gasteiger partial charge in [-0.15, -0.1) is 21.5 Å². The molecule has 30 heavy (non-hydrogen) atoms. The molecule has 0 radical (unpaired) electrons. The van der Waals surface area contributed by atoms with Crippen LogP contribution in [0.3, 0.4) is 0 Å². The van der Waals surface area contributed by atoms with Crippen molar-refractivity contribution < 1.29 is 9.59 Å². The lowest BCUT2D eigenvalue weighted by atomic mass is 10.1. The first-order valence-electron chi connectivity index (χ1n) is 9.77. The van der Waals surface area contributed by atoms with E-state index in [1.807, 2.05) is 49.6 Å². The number of thiophene rings is 1. The van der Waals surface area contributed by atoms with Crippen LogP contribution in [0.4, 0.5) is 5.69 Å². The third kappa shape index (κ3) is 4.73. The maximum atomic E-state index is 12.3. The summed E-state index contributed by atoms with van der Waals surface area (Å²) < 4.78 is 2.14. The molecule has 2 amide bonds. The van der Waals surface area contributed by atoms with E-state index >= 15 is 0 Å². The lowest BCUT2D eigenvalue weighted by molar-refractivity contribution is -0.122. The lowest BCUT2D eigenvalue weighted by Gasteiger charge is -2.11. The summed E-state index contributed by atoms with van der Waals surface area (Å²) in [6, 6.07) is 10.2. The van der Waals surface area contributed by atoms with Crippen molar-refractivity contribution in [3.05, 3.63) is 46.8 Å². The van der Waals surface area contributed by atoms with Crippen LogP contribution in [0.25, 0.3) is 10.7 Å². The Morgan fingerprint density at radius 1 is 1.17 bits per heavy atom. The second kappa shape index (κ2) is 9.01. The van der Waals surface area contributed by atoms with Gasteiger partial charge in [0.2, 0.25) is 11.8 Å². The molecular formula is C21H23N5O2S2. The Morgan fingerprint density at radius 2 is 2.00 bits per heavy atom. The van der Waals surface area contributed by atoms with E-state index in [0.717, 1.165) is 45.5 Å². The van der Waals surface area contributed by atoms with Crippen LogP contribution >= 0.6 is 23.1 Å². The van der Waals surface area contributed by atoms with E-state index in [-0.39, 0.29) is 24.1 Å². The summed E-state index contributed by atoms with van der Waals surface area (Å²) in [6.07, 6.45) is 2.21. The molecule has 1 aliphatic rings. The Bertz CT molecular complexity index is 1060. The molecule has 0 bridgehead atoms. The van der Waals surface area contributed by atoms with Crippen LogP contribution in [0.5, 0.6) is 0 Å². The van der Waals surface area contributed by atoms with Gasteiger partial charge in [0, 0.05) is 11.7 Å². The highest BCUT2D eigenvalue weighted by Crippen LogP contribution is 2.41. The van der Waals surface area contributed by atoms with Gasteiger partial charge in [-0.25, -0.2) is 0 Å². The summed E-state index contributed by atoms with van der Waals surface area (Å²) in [5, 5.41) is 16.9. The molecule has 0 aliphatic heterocycles. The van der Waals surface area contributed by atoms with Gasteiger partial charge in [-0.3, -0.25) is 14.2 Å². The summed E-state index contributed by atoms with van der Waals surface area (Å²) in [4.78, 5) is 25.5. The van der Waals surface area contributed by atoms with Gasteiger partial charge < -0.3 is 10.6 Å². The van der Waals surface area contributed by atoms with Gasteiger partial charge in [0.05, 0.1) is 17.2 Å². The molecule has 1 aliphatic carbocycles. The number of hydrogen-bond donors (Lipinski definition) is 2. The average molecular weight is 442 g/mol. The number of rotatable bonds is 8. The molecule has 9 heteroatoms. The molecule has 4 rings (SSSR count). The molecule has 0 saturated heterocycles. The monoisotopic (exact) mass is 441 g/mol. The minimum atomic E-state index is -0.247. The van der Waals surface area contributed by atoms with Crippen LogP contribution in [0.2, 0.25) is 0 Å². The summed E-state index contributed by atoms with van der Waals surface area (Å²) >= 11 is 2.98. The van der Waals surface area contributed by atoms with Crippen molar-refractivity contribution >= 4 is 40.6 Å². The molecule has 3 aromatic rings. The van der Waals surface area contributed by atoms with E-state index in [0.29, 0.717) is 6.04 Å². The maximum Gasteiger partial charge on any atom is 0.243 e. The van der Waals surface area contributed by atoms with Gasteiger partial charge in [0.15, 0.2) is 11.0 Å². The molecule has 2 aromatic heterocycles. The molecule has 2 heterocycles. The van der Waals surface area contributed by atoms with Crippen molar-refractivity contribution in [2.75, 3.05) is 17.6 Å². The van der Waals surface area contributed by atoms with Crippen molar-refractivity contribution in [3.63, 3.8) is 0 Å². The first-order valence-corrected chi connectivity index (χ1v) is 11.6. The summed E-state index contributed by atoms with van der Waals surface area (Å²) in [7, 11) is 0. The van der Waals surface area contributed by atoms with Crippen molar-refractivity contribution in [2.45, 2.75) is 37.9 Å². The Morgan fingerprint density at radius 3 is 2.73 bits per heavy atom. The van der Waals surface area contributed by atoms with Crippen LogP contribution in [0.15, 0.2) is 40.9 Å². The third-order valence-corrected chi connectivity index (χ3v) is 6.78. The molecular weight excluding hydrogens is 418 g/mol. The zero-order valence-corrected chi connectivity index (χ0v) is 18.5. The minimum absolute atomic E-state index is 0.0669. The molecule has 0 atom stereocenters. The van der Waals surface area contributed by atoms with E-state index in [9.17, 15) is 9.59 Å². The minimum Gasteiger partial charge on any atom is -0.346 e. The SMILES string of the molecule is Cc1cccc(NC(=O)CNC(=O)CSc2nnc(-c3cccs3)n2C2CC2)c1C. The largest absolute Gasteiger partial charge is 0.346 e. The van der Waals surface area contributed by atoms with Crippen LogP contribution in [-0.2, 0) is 9.59 Å². The average Bonchev–Trinajstić information content (AvgIpc) is 3.25. The fraction of sp³-hybridized carbons (Fsp3) is 0.333. The van der Waals surface area contributed by atoms with Gasteiger partial charge in [-0.2, -0.15) is 0 Å². The predicted octanol–water partition coefficient (Wildman–Crippen LogP) is 3.81. The van der Waals surface area contributed by atoms with Gasteiger partial charge >= 0.3 is 0 Å². The van der Waals surface area contributed by atoms with E-state index in [1.165, 1.54) is 11.8 Å².